The Morgan fingerprint density at radius 1 is 0.321 bits per heavy atom. The van der Waals surface area contributed by atoms with E-state index in [0.29, 0.717) is 0 Å². The zero-order valence-corrected chi connectivity index (χ0v) is 20.9. The standard InChI is InChI=1S/C28H58/c1-6-8-9-10-11-13-17-22-27(4)24-19-25-28(5)23-18-15-12-14-16-21-26(3)20-7-2/h26-28H,6-25H2,1-5H3. The van der Waals surface area contributed by atoms with Gasteiger partial charge in [-0.05, 0) is 17.8 Å². The van der Waals surface area contributed by atoms with Gasteiger partial charge in [-0.1, -0.05) is 163 Å². The van der Waals surface area contributed by atoms with Gasteiger partial charge in [-0.2, -0.15) is 0 Å². The Hall–Kier alpha value is 0. The summed E-state index contributed by atoms with van der Waals surface area (Å²) in [5.41, 5.74) is 0. The van der Waals surface area contributed by atoms with Crippen molar-refractivity contribution in [2.24, 2.45) is 17.8 Å². The Morgan fingerprint density at radius 3 is 1.04 bits per heavy atom. The molecule has 3 unspecified atom stereocenters. The molecule has 0 aliphatic rings. The summed E-state index contributed by atoms with van der Waals surface area (Å²) >= 11 is 0. The van der Waals surface area contributed by atoms with Crippen LogP contribution in [0.4, 0.5) is 0 Å². The second kappa shape index (κ2) is 21.7. The Balaban J connectivity index is 3.34. The van der Waals surface area contributed by atoms with Gasteiger partial charge in [0.15, 0.2) is 0 Å². The first-order chi connectivity index (χ1) is 13.6. The van der Waals surface area contributed by atoms with Crippen LogP contribution in [0.2, 0.25) is 0 Å². The summed E-state index contributed by atoms with van der Waals surface area (Å²) in [7, 11) is 0. The molecule has 0 heterocycles. The predicted molar refractivity (Wildman–Crippen MR) is 131 cm³/mol. The Bertz CT molecular complexity index is 282. The minimum absolute atomic E-state index is 0.954. The lowest BCUT2D eigenvalue weighted by Gasteiger charge is -2.14. The molecule has 0 nitrogen and oxygen atoms in total. The normalized spacial score (nSPS) is 14.9. The van der Waals surface area contributed by atoms with Crippen LogP contribution in [-0.4, -0.2) is 0 Å². The quantitative estimate of drug-likeness (QED) is 0.160. The van der Waals surface area contributed by atoms with E-state index in [1.54, 1.807) is 0 Å². The largest absolute Gasteiger partial charge is 0.0654 e. The van der Waals surface area contributed by atoms with Crippen molar-refractivity contribution in [3.8, 4) is 0 Å². The number of rotatable bonds is 22. The summed E-state index contributed by atoms with van der Waals surface area (Å²) < 4.78 is 0. The van der Waals surface area contributed by atoms with Crippen molar-refractivity contribution >= 4 is 0 Å². The maximum Gasteiger partial charge on any atom is -0.0443 e. The van der Waals surface area contributed by atoms with Gasteiger partial charge in [0.25, 0.3) is 0 Å². The molecule has 0 fully saturated rings. The van der Waals surface area contributed by atoms with Gasteiger partial charge in [-0.15, -0.1) is 0 Å². The molecule has 0 aliphatic heterocycles. The molecule has 0 saturated heterocycles. The molecule has 3 atom stereocenters. The van der Waals surface area contributed by atoms with Gasteiger partial charge in [0.05, 0.1) is 0 Å². The number of hydrogen-bond donors (Lipinski definition) is 0. The minimum atomic E-state index is 0.954. The Morgan fingerprint density at radius 2 is 0.643 bits per heavy atom. The summed E-state index contributed by atoms with van der Waals surface area (Å²) in [6.07, 6.45) is 29.1. The third kappa shape index (κ3) is 20.7. The van der Waals surface area contributed by atoms with E-state index in [2.05, 4.69) is 34.6 Å². The minimum Gasteiger partial charge on any atom is -0.0654 e. The van der Waals surface area contributed by atoms with Crippen LogP contribution in [0.25, 0.3) is 0 Å². The number of unbranched alkanes of at least 4 members (excludes halogenated alkanes) is 10. The molecule has 0 N–H and O–H groups in total. The second-order valence-electron chi connectivity index (χ2n) is 10.3. The SMILES string of the molecule is CCCCCCCCCC(C)CCCC(C)CCCCCCCC(C)CCC. The summed E-state index contributed by atoms with van der Waals surface area (Å²) in [6.45, 7) is 12.0. The van der Waals surface area contributed by atoms with Crippen molar-refractivity contribution in [2.45, 2.75) is 163 Å². The molecule has 0 rings (SSSR count). The van der Waals surface area contributed by atoms with E-state index in [1.165, 1.54) is 128 Å². The van der Waals surface area contributed by atoms with E-state index >= 15 is 0 Å². The van der Waals surface area contributed by atoms with E-state index in [1.807, 2.05) is 0 Å². The molecule has 0 aromatic heterocycles. The van der Waals surface area contributed by atoms with Crippen LogP contribution in [0.15, 0.2) is 0 Å². The van der Waals surface area contributed by atoms with Crippen LogP contribution in [0.1, 0.15) is 163 Å². The topological polar surface area (TPSA) is 0 Å². The zero-order chi connectivity index (χ0) is 20.9. The van der Waals surface area contributed by atoms with Crippen LogP contribution in [0.3, 0.4) is 0 Å². The van der Waals surface area contributed by atoms with Crippen LogP contribution in [0, 0.1) is 17.8 Å². The average Bonchev–Trinajstić information content (AvgIpc) is 2.66. The fourth-order valence-corrected chi connectivity index (χ4v) is 4.71. The zero-order valence-electron chi connectivity index (χ0n) is 20.9. The van der Waals surface area contributed by atoms with Crippen molar-refractivity contribution in [3.63, 3.8) is 0 Å². The molecule has 0 bridgehead atoms. The first-order valence-corrected chi connectivity index (χ1v) is 13.6. The lowest BCUT2D eigenvalue weighted by atomic mass is 9.92. The molecular weight excluding hydrogens is 336 g/mol. The highest BCUT2D eigenvalue weighted by atomic mass is 14.1. The van der Waals surface area contributed by atoms with Crippen LogP contribution in [0.5, 0.6) is 0 Å². The molecule has 0 amide bonds. The van der Waals surface area contributed by atoms with Crippen LogP contribution in [-0.2, 0) is 0 Å². The Labute approximate surface area is 181 Å². The lowest BCUT2D eigenvalue weighted by molar-refractivity contribution is 0.389. The van der Waals surface area contributed by atoms with E-state index < -0.39 is 0 Å². The highest BCUT2D eigenvalue weighted by Gasteiger charge is 2.06. The van der Waals surface area contributed by atoms with E-state index in [9.17, 15) is 0 Å². The smallest absolute Gasteiger partial charge is 0.0443 e. The molecule has 0 aromatic carbocycles. The van der Waals surface area contributed by atoms with Crippen molar-refractivity contribution in [1.82, 2.24) is 0 Å². The maximum atomic E-state index is 2.49. The predicted octanol–water partition coefficient (Wildman–Crippen LogP) is 10.7. The number of hydrogen-bond acceptors (Lipinski definition) is 0. The van der Waals surface area contributed by atoms with Crippen molar-refractivity contribution in [2.75, 3.05) is 0 Å². The van der Waals surface area contributed by atoms with Crippen molar-refractivity contribution in [3.05, 3.63) is 0 Å². The van der Waals surface area contributed by atoms with E-state index in [0.717, 1.165) is 17.8 Å². The van der Waals surface area contributed by atoms with E-state index in [4.69, 9.17) is 0 Å². The molecule has 0 saturated carbocycles. The molecule has 28 heavy (non-hydrogen) atoms. The highest BCUT2D eigenvalue weighted by Crippen LogP contribution is 2.22. The van der Waals surface area contributed by atoms with Gasteiger partial charge in [-0.25, -0.2) is 0 Å². The van der Waals surface area contributed by atoms with Crippen molar-refractivity contribution < 1.29 is 0 Å². The molecular formula is C28H58. The highest BCUT2D eigenvalue weighted by molar-refractivity contribution is 4.60. The van der Waals surface area contributed by atoms with Crippen molar-refractivity contribution in [1.29, 1.82) is 0 Å². The lowest BCUT2D eigenvalue weighted by Crippen LogP contribution is -1.99. The first kappa shape index (κ1) is 28.0. The van der Waals surface area contributed by atoms with Gasteiger partial charge < -0.3 is 0 Å². The monoisotopic (exact) mass is 394 g/mol. The van der Waals surface area contributed by atoms with Gasteiger partial charge in [0.2, 0.25) is 0 Å². The van der Waals surface area contributed by atoms with Gasteiger partial charge in [-0.3, -0.25) is 0 Å². The third-order valence-electron chi connectivity index (χ3n) is 6.87. The second-order valence-corrected chi connectivity index (χ2v) is 10.3. The molecule has 0 spiro atoms. The molecule has 0 aliphatic carbocycles. The summed E-state index contributed by atoms with van der Waals surface area (Å²) in [5, 5.41) is 0. The fraction of sp³-hybridized carbons (Fsp3) is 1.00. The van der Waals surface area contributed by atoms with Gasteiger partial charge >= 0.3 is 0 Å². The first-order valence-electron chi connectivity index (χ1n) is 13.6. The molecule has 0 aromatic rings. The average molecular weight is 395 g/mol. The van der Waals surface area contributed by atoms with E-state index in [-0.39, 0.29) is 0 Å². The maximum absolute atomic E-state index is 2.49. The van der Waals surface area contributed by atoms with Gasteiger partial charge in [0.1, 0.15) is 0 Å². The summed E-state index contributed by atoms with van der Waals surface area (Å²) in [4.78, 5) is 0. The molecule has 0 radical (unpaired) electrons. The summed E-state index contributed by atoms with van der Waals surface area (Å²) in [6, 6.07) is 0. The molecule has 170 valence electrons. The Kier molecular flexibility index (Phi) is 21.7. The van der Waals surface area contributed by atoms with Gasteiger partial charge in [0, 0.05) is 0 Å². The fourth-order valence-electron chi connectivity index (χ4n) is 4.71. The third-order valence-corrected chi connectivity index (χ3v) is 6.87. The molecule has 0 heteroatoms. The van der Waals surface area contributed by atoms with Crippen LogP contribution >= 0.6 is 0 Å². The van der Waals surface area contributed by atoms with Crippen LogP contribution < -0.4 is 0 Å². The summed E-state index contributed by atoms with van der Waals surface area (Å²) in [5.74, 6) is 2.87.